The van der Waals surface area contributed by atoms with Crippen molar-refractivity contribution in [1.82, 2.24) is 9.80 Å². The number of unbranched alkanes of at least 4 members (excludes halogenated alkanes) is 1. The van der Waals surface area contributed by atoms with Gasteiger partial charge in [-0.1, -0.05) is 20.3 Å². The largest absolute Gasteiger partial charge is 0.341 e. The number of likely N-dealkylation sites (tertiary alicyclic amines) is 1. The third-order valence-corrected chi connectivity index (χ3v) is 4.15. The van der Waals surface area contributed by atoms with Gasteiger partial charge in [0.05, 0.1) is 6.04 Å². The number of nitrogens with two attached hydrogens (primary N) is 1. The van der Waals surface area contributed by atoms with Gasteiger partial charge in [-0.3, -0.25) is 4.79 Å². The number of carbonyl (C=O) groups is 1. The highest BCUT2D eigenvalue weighted by Gasteiger charge is 2.25. The van der Waals surface area contributed by atoms with Gasteiger partial charge in [0.25, 0.3) is 0 Å². The fourth-order valence-electron chi connectivity index (χ4n) is 2.71. The molecule has 4 nitrogen and oxygen atoms in total. The van der Waals surface area contributed by atoms with Gasteiger partial charge in [0, 0.05) is 19.6 Å². The molecule has 1 aliphatic rings. The zero-order valence-corrected chi connectivity index (χ0v) is 12.9. The van der Waals surface area contributed by atoms with E-state index in [1.807, 2.05) is 11.8 Å². The highest BCUT2D eigenvalue weighted by Crippen LogP contribution is 2.19. The molecule has 1 atom stereocenters. The minimum atomic E-state index is -0.302. The number of hydrogen-bond acceptors (Lipinski definition) is 3. The SMILES string of the molecule is CCCCN(C)CC1CCN(C(=O)[C@H](N)CC)CC1. The van der Waals surface area contributed by atoms with E-state index in [1.165, 1.54) is 25.9 Å². The molecule has 0 aliphatic carbocycles. The molecule has 0 spiro atoms. The number of rotatable bonds is 7. The lowest BCUT2D eigenvalue weighted by atomic mass is 9.95. The van der Waals surface area contributed by atoms with Crippen LogP contribution in [0.25, 0.3) is 0 Å². The van der Waals surface area contributed by atoms with Crippen LogP contribution in [0.3, 0.4) is 0 Å². The summed E-state index contributed by atoms with van der Waals surface area (Å²) in [5.74, 6) is 0.879. The number of hydrogen-bond donors (Lipinski definition) is 1. The van der Waals surface area contributed by atoms with Crippen LogP contribution in [0, 0.1) is 5.92 Å². The average Bonchev–Trinajstić information content (AvgIpc) is 2.44. The summed E-state index contributed by atoms with van der Waals surface area (Å²) in [6.45, 7) is 8.34. The normalized spacial score (nSPS) is 18.9. The zero-order valence-electron chi connectivity index (χ0n) is 12.9. The fourth-order valence-corrected chi connectivity index (χ4v) is 2.71. The molecular weight excluding hydrogens is 238 g/mol. The van der Waals surface area contributed by atoms with E-state index in [9.17, 15) is 4.79 Å². The molecule has 1 amide bonds. The van der Waals surface area contributed by atoms with E-state index < -0.39 is 0 Å². The molecule has 19 heavy (non-hydrogen) atoms. The number of piperidine rings is 1. The van der Waals surface area contributed by atoms with Crippen LogP contribution in [0.15, 0.2) is 0 Å². The maximum absolute atomic E-state index is 12.0. The lowest BCUT2D eigenvalue weighted by molar-refractivity contribution is -0.134. The Morgan fingerprint density at radius 2 is 2.00 bits per heavy atom. The molecule has 0 aromatic carbocycles. The fraction of sp³-hybridized carbons (Fsp3) is 0.933. The molecule has 0 aromatic rings. The standard InChI is InChI=1S/C15H31N3O/c1-4-6-9-17(3)12-13-7-10-18(11-8-13)15(19)14(16)5-2/h13-14H,4-12,16H2,1-3H3/t14-/m1/s1. The molecule has 1 saturated heterocycles. The summed E-state index contributed by atoms with van der Waals surface area (Å²) in [6.07, 6.45) is 5.52. The highest BCUT2D eigenvalue weighted by molar-refractivity contribution is 5.81. The molecule has 0 saturated carbocycles. The molecular formula is C15H31N3O. The van der Waals surface area contributed by atoms with Gasteiger partial charge < -0.3 is 15.5 Å². The van der Waals surface area contributed by atoms with E-state index in [1.54, 1.807) is 0 Å². The highest BCUT2D eigenvalue weighted by atomic mass is 16.2. The summed E-state index contributed by atoms with van der Waals surface area (Å²) < 4.78 is 0. The zero-order chi connectivity index (χ0) is 14.3. The van der Waals surface area contributed by atoms with Gasteiger partial charge in [-0.15, -0.1) is 0 Å². The van der Waals surface area contributed by atoms with Crippen LogP contribution in [-0.4, -0.2) is 55.0 Å². The summed E-state index contributed by atoms with van der Waals surface area (Å²) in [6, 6.07) is -0.302. The third-order valence-electron chi connectivity index (χ3n) is 4.15. The van der Waals surface area contributed by atoms with Gasteiger partial charge in [0.1, 0.15) is 0 Å². The summed E-state index contributed by atoms with van der Waals surface area (Å²) in [5.41, 5.74) is 5.82. The maximum Gasteiger partial charge on any atom is 0.239 e. The van der Waals surface area contributed by atoms with Gasteiger partial charge in [-0.2, -0.15) is 0 Å². The predicted octanol–water partition coefficient (Wildman–Crippen LogP) is 1.69. The van der Waals surface area contributed by atoms with Crippen molar-refractivity contribution >= 4 is 5.91 Å². The molecule has 1 heterocycles. The maximum atomic E-state index is 12.0. The molecule has 0 radical (unpaired) electrons. The molecule has 1 aliphatic heterocycles. The predicted molar refractivity (Wildman–Crippen MR) is 80.0 cm³/mol. The van der Waals surface area contributed by atoms with Crippen LogP contribution in [0.4, 0.5) is 0 Å². The van der Waals surface area contributed by atoms with Gasteiger partial charge in [-0.25, -0.2) is 0 Å². The number of amides is 1. The smallest absolute Gasteiger partial charge is 0.239 e. The van der Waals surface area contributed by atoms with Crippen molar-refractivity contribution in [3.05, 3.63) is 0 Å². The second-order valence-corrected chi connectivity index (χ2v) is 5.90. The van der Waals surface area contributed by atoms with E-state index in [2.05, 4.69) is 18.9 Å². The lowest BCUT2D eigenvalue weighted by Crippen LogP contribution is -2.47. The first-order valence-electron chi connectivity index (χ1n) is 7.81. The van der Waals surface area contributed by atoms with E-state index >= 15 is 0 Å². The molecule has 2 N–H and O–H groups in total. The average molecular weight is 269 g/mol. The van der Waals surface area contributed by atoms with E-state index in [4.69, 9.17) is 5.73 Å². The van der Waals surface area contributed by atoms with Crippen molar-refractivity contribution in [1.29, 1.82) is 0 Å². The Morgan fingerprint density at radius 3 is 2.53 bits per heavy atom. The van der Waals surface area contributed by atoms with Crippen LogP contribution in [0.5, 0.6) is 0 Å². The lowest BCUT2D eigenvalue weighted by Gasteiger charge is -2.35. The van der Waals surface area contributed by atoms with Crippen LogP contribution < -0.4 is 5.73 Å². The number of carbonyl (C=O) groups excluding carboxylic acids is 1. The Labute approximate surface area is 118 Å². The quantitative estimate of drug-likeness (QED) is 0.765. The van der Waals surface area contributed by atoms with Crippen molar-refractivity contribution in [3.8, 4) is 0 Å². The molecule has 1 fully saturated rings. The van der Waals surface area contributed by atoms with Gasteiger partial charge in [0.2, 0.25) is 5.91 Å². The Bertz CT molecular complexity index is 262. The van der Waals surface area contributed by atoms with E-state index in [0.29, 0.717) is 0 Å². The third kappa shape index (κ3) is 5.49. The van der Waals surface area contributed by atoms with Crippen LogP contribution in [-0.2, 0) is 4.79 Å². The number of nitrogens with zero attached hydrogens (tertiary/aromatic N) is 2. The van der Waals surface area contributed by atoms with Crippen molar-refractivity contribution < 1.29 is 4.79 Å². The van der Waals surface area contributed by atoms with Gasteiger partial charge >= 0.3 is 0 Å². The molecule has 1 rings (SSSR count). The van der Waals surface area contributed by atoms with Gasteiger partial charge in [-0.05, 0) is 45.2 Å². The van der Waals surface area contributed by atoms with Crippen molar-refractivity contribution in [3.63, 3.8) is 0 Å². The Kier molecular flexibility index (Phi) is 7.39. The summed E-state index contributed by atoms with van der Waals surface area (Å²) in [7, 11) is 2.21. The van der Waals surface area contributed by atoms with Crippen LogP contribution >= 0.6 is 0 Å². The summed E-state index contributed by atoms with van der Waals surface area (Å²) >= 11 is 0. The topological polar surface area (TPSA) is 49.6 Å². The van der Waals surface area contributed by atoms with Gasteiger partial charge in [0.15, 0.2) is 0 Å². The minimum Gasteiger partial charge on any atom is -0.341 e. The van der Waals surface area contributed by atoms with E-state index in [0.717, 1.165) is 38.3 Å². The molecule has 0 unspecified atom stereocenters. The molecule has 4 heteroatoms. The van der Waals surface area contributed by atoms with E-state index in [-0.39, 0.29) is 11.9 Å². The Hall–Kier alpha value is -0.610. The minimum absolute atomic E-state index is 0.139. The molecule has 0 bridgehead atoms. The molecule has 0 aromatic heterocycles. The monoisotopic (exact) mass is 269 g/mol. The van der Waals surface area contributed by atoms with Crippen molar-refractivity contribution in [2.24, 2.45) is 11.7 Å². The summed E-state index contributed by atoms with van der Waals surface area (Å²) in [4.78, 5) is 16.4. The summed E-state index contributed by atoms with van der Waals surface area (Å²) in [5, 5.41) is 0. The molecule has 112 valence electrons. The van der Waals surface area contributed by atoms with Crippen LogP contribution in [0.2, 0.25) is 0 Å². The first-order chi connectivity index (χ1) is 9.08. The second-order valence-electron chi connectivity index (χ2n) is 5.90. The van der Waals surface area contributed by atoms with Crippen LogP contribution in [0.1, 0.15) is 46.0 Å². The van der Waals surface area contributed by atoms with Crippen molar-refractivity contribution in [2.75, 3.05) is 33.2 Å². The first-order valence-corrected chi connectivity index (χ1v) is 7.81. The van der Waals surface area contributed by atoms with Crippen molar-refractivity contribution in [2.45, 2.75) is 52.0 Å². The first kappa shape index (κ1) is 16.4. The Balaban J connectivity index is 2.27. The second kappa shape index (κ2) is 8.54. The Morgan fingerprint density at radius 1 is 1.37 bits per heavy atom.